The van der Waals surface area contributed by atoms with Gasteiger partial charge in [0.15, 0.2) is 11.5 Å². The molecule has 0 saturated carbocycles. The van der Waals surface area contributed by atoms with Crippen molar-refractivity contribution in [2.24, 2.45) is 11.8 Å². The zero-order valence-corrected chi connectivity index (χ0v) is 18.9. The monoisotopic (exact) mass is 437 g/mol. The molecule has 170 valence electrons. The summed E-state index contributed by atoms with van der Waals surface area (Å²) in [5, 5.41) is 10.3. The van der Waals surface area contributed by atoms with Crippen LogP contribution in [0.25, 0.3) is 0 Å². The number of carboxylic acids is 1. The number of aliphatic carboxylic acids is 1. The molecule has 1 N–H and O–H groups in total. The summed E-state index contributed by atoms with van der Waals surface area (Å²) >= 11 is 0. The molecule has 6 heteroatoms. The van der Waals surface area contributed by atoms with Gasteiger partial charge in [-0.25, -0.2) is 0 Å². The standard InChI is InChI=1S/C26H31NO5/c1-17(2)6-4-5-13-27-15-21(19-9-12-22-23(14-19)32-16-31-22)24(26(28)29)25(27)18-7-10-20(30-3)11-8-18/h4-5,7-12,14,17,21,24-25H,6,13,15-16H2,1-3H3,(H,28,29)/b5-4+/t21?,24-,25+/m0/s1. The number of hydrogen-bond donors (Lipinski definition) is 1. The number of allylic oxidation sites excluding steroid dienone is 1. The van der Waals surface area contributed by atoms with E-state index in [4.69, 9.17) is 14.2 Å². The zero-order chi connectivity index (χ0) is 22.7. The second-order valence-electron chi connectivity index (χ2n) is 8.86. The molecule has 0 aliphatic carbocycles. The van der Waals surface area contributed by atoms with Crippen LogP contribution in [-0.2, 0) is 4.79 Å². The number of benzene rings is 2. The first kappa shape index (κ1) is 22.2. The SMILES string of the molecule is COc1ccc([C@@H]2[C@@H](C(=O)O)C(c3ccc4c(c3)OCO4)CN2C/C=C/CC(C)C)cc1. The number of ether oxygens (including phenoxy) is 3. The molecule has 0 amide bonds. The maximum atomic E-state index is 12.6. The lowest BCUT2D eigenvalue weighted by Crippen LogP contribution is -2.29. The zero-order valence-electron chi connectivity index (χ0n) is 18.9. The molecule has 2 aromatic rings. The van der Waals surface area contributed by atoms with Gasteiger partial charge in [0.2, 0.25) is 6.79 Å². The van der Waals surface area contributed by atoms with Crippen molar-refractivity contribution in [1.29, 1.82) is 0 Å². The van der Waals surface area contributed by atoms with Gasteiger partial charge in [0, 0.05) is 25.0 Å². The molecule has 1 unspecified atom stereocenters. The lowest BCUT2D eigenvalue weighted by molar-refractivity contribution is -0.143. The highest BCUT2D eigenvalue weighted by Crippen LogP contribution is 2.47. The van der Waals surface area contributed by atoms with Gasteiger partial charge < -0.3 is 19.3 Å². The predicted octanol–water partition coefficient (Wildman–Crippen LogP) is 4.87. The molecule has 0 aromatic heterocycles. The van der Waals surface area contributed by atoms with Gasteiger partial charge in [-0.1, -0.05) is 44.2 Å². The van der Waals surface area contributed by atoms with E-state index in [1.165, 1.54) is 0 Å². The minimum absolute atomic E-state index is 0.160. The number of rotatable bonds is 8. The van der Waals surface area contributed by atoms with Gasteiger partial charge in [0.05, 0.1) is 13.0 Å². The predicted molar refractivity (Wildman–Crippen MR) is 122 cm³/mol. The summed E-state index contributed by atoms with van der Waals surface area (Å²) in [7, 11) is 1.63. The lowest BCUT2D eigenvalue weighted by Gasteiger charge is -2.26. The Bertz CT molecular complexity index is 969. The second-order valence-corrected chi connectivity index (χ2v) is 8.86. The van der Waals surface area contributed by atoms with Gasteiger partial charge >= 0.3 is 5.97 Å². The summed E-state index contributed by atoms with van der Waals surface area (Å²) in [4.78, 5) is 14.8. The Kier molecular flexibility index (Phi) is 6.70. The molecule has 0 spiro atoms. The van der Waals surface area contributed by atoms with Crippen LogP contribution in [0.3, 0.4) is 0 Å². The fraction of sp³-hybridized carbons (Fsp3) is 0.423. The molecule has 0 radical (unpaired) electrons. The van der Waals surface area contributed by atoms with Crippen LogP contribution >= 0.6 is 0 Å². The Hall–Kier alpha value is -2.99. The first-order valence-electron chi connectivity index (χ1n) is 11.1. The van der Waals surface area contributed by atoms with Crippen molar-refractivity contribution >= 4 is 5.97 Å². The summed E-state index contributed by atoms with van der Waals surface area (Å²) in [5.41, 5.74) is 1.95. The molecule has 3 atom stereocenters. The fourth-order valence-electron chi connectivity index (χ4n) is 4.68. The maximum Gasteiger partial charge on any atom is 0.309 e. The van der Waals surface area contributed by atoms with E-state index in [1.54, 1.807) is 7.11 Å². The smallest absolute Gasteiger partial charge is 0.309 e. The van der Waals surface area contributed by atoms with E-state index in [2.05, 4.69) is 30.9 Å². The summed E-state index contributed by atoms with van der Waals surface area (Å²) in [5.74, 6) is 1.21. The number of methoxy groups -OCH3 is 1. The molecule has 1 fully saturated rings. The molecule has 1 saturated heterocycles. The van der Waals surface area contributed by atoms with Crippen molar-refractivity contribution in [2.45, 2.75) is 32.2 Å². The summed E-state index contributed by atoms with van der Waals surface area (Å²) in [6.45, 7) is 5.94. The van der Waals surface area contributed by atoms with E-state index in [-0.39, 0.29) is 18.8 Å². The average Bonchev–Trinajstić information content (AvgIpc) is 3.40. The molecular formula is C26H31NO5. The van der Waals surface area contributed by atoms with Gasteiger partial charge in [-0.3, -0.25) is 9.69 Å². The number of fused-ring (bicyclic) bond motifs is 1. The van der Waals surface area contributed by atoms with Crippen molar-refractivity contribution < 1.29 is 24.1 Å². The van der Waals surface area contributed by atoms with Crippen LogP contribution in [0.4, 0.5) is 0 Å². The van der Waals surface area contributed by atoms with Crippen LogP contribution < -0.4 is 14.2 Å². The third kappa shape index (κ3) is 4.60. The quantitative estimate of drug-likeness (QED) is 0.595. The Morgan fingerprint density at radius 1 is 1.12 bits per heavy atom. The van der Waals surface area contributed by atoms with E-state index >= 15 is 0 Å². The van der Waals surface area contributed by atoms with E-state index in [9.17, 15) is 9.90 Å². The first-order chi connectivity index (χ1) is 15.5. The lowest BCUT2D eigenvalue weighted by atomic mass is 9.82. The van der Waals surface area contributed by atoms with E-state index in [1.807, 2.05) is 42.5 Å². The van der Waals surface area contributed by atoms with Gasteiger partial charge in [0.25, 0.3) is 0 Å². The molecule has 6 nitrogen and oxygen atoms in total. The Labute approximate surface area is 189 Å². The van der Waals surface area contributed by atoms with Crippen molar-refractivity contribution in [3.63, 3.8) is 0 Å². The maximum absolute atomic E-state index is 12.6. The number of nitrogens with zero attached hydrogens (tertiary/aromatic N) is 1. The molecule has 0 bridgehead atoms. The van der Waals surface area contributed by atoms with Gasteiger partial charge in [-0.2, -0.15) is 0 Å². The largest absolute Gasteiger partial charge is 0.497 e. The summed E-state index contributed by atoms with van der Waals surface area (Å²) < 4.78 is 16.3. The molecule has 4 rings (SSSR count). The minimum Gasteiger partial charge on any atom is -0.497 e. The van der Waals surface area contributed by atoms with Crippen LogP contribution in [0.1, 0.15) is 43.4 Å². The van der Waals surface area contributed by atoms with Crippen molar-refractivity contribution in [3.05, 3.63) is 65.7 Å². The molecule has 2 aromatic carbocycles. The molecule has 32 heavy (non-hydrogen) atoms. The fourth-order valence-corrected chi connectivity index (χ4v) is 4.68. The summed E-state index contributed by atoms with van der Waals surface area (Å²) in [6.07, 6.45) is 5.37. The van der Waals surface area contributed by atoms with E-state index in [0.29, 0.717) is 30.5 Å². The first-order valence-corrected chi connectivity index (χ1v) is 11.1. The minimum atomic E-state index is -0.790. The second kappa shape index (κ2) is 9.65. The average molecular weight is 438 g/mol. The third-order valence-electron chi connectivity index (χ3n) is 6.28. The Balaban J connectivity index is 1.68. The molecule has 2 aliphatic rings. The van der Waals surface area contributed by atoms with Crippen molar-refractivity contribution in [1.82, 2.24) is 4.90 Å². The molecular weight excluding hydrogens is 406 g/mol. The highest BCUT2D eigenvalue weighted by atomic mass is 16.7. The third-order valence-corrected chi connectivity index (χ3v) is 6.28. The van der Waals surface area contributed by atoms with Crippen molar-refractivity contribution in [2.75, 3.05) is 27.0 Å². The van der Waals surface area contributed by atoms with Crippen LogP contribution in [0.2, 0.25) is 0 Å². The number of carbonyl (C=O) groups is 1. The van der Waals surface area contributed by atoms with Crippen LogP contribution in [0.15, 0.2) is 54.6 Å². The van der Waals surface area contributed by atoms with Crippen LogP contribution in [-0.4, -0.2) is 43.0 Å². The highest BCUT2D eigenvalue weighted by molar-refractivity contribution is 5.74. The highest BCUT2D eigenvalue weighted by Gasteiger charge is 2.47. The number of hydrogen-bond acceptors (Lipinski definition) is 5. The molecule has 2 heterocycles. The number of likely N-dealkylation sites (tertiary alicyclic amines) is 1. The van der Waals surface area contributed by atoms with Gasteiger partial charge in [-0.05, 0) is 47.7 Å². The van der Waals surface area contributed by atoms with Gasteiger partial charge in [0.1, 0.15) is 5.75 Å². The molecule has 2 aliphatic heterocycles. The normalized spacial score (nSPS) is 22.7. The topological polar surface area (TPSA) is 68.2 Å². The van der Waals surface area contributed by atoms with Crippen LogP contribution in [0.5, 0.6) is 17.2 Å². The Morgan fingerprint density at radius 3 is 2.53 bits per heavy atom. The van der Waals surface area contributed by atoms with Crippen LogP contribution in [0, 0.1) is 11.8 Å². The van der Waals surface area contributed by atoms with Gasteiger partial charge in [-0.15, -0.1) is 0 Å². The van der Waals surface area contributed by atoms with E-state index in [0.717, 1.165) is 23.3 Å². The number of carboxylic acid groups (broad SMARTS) is 1. The van der Waals surface area contributed by atoms with Crippen molar-refractivity contribution in [3.8, 4) is 17.2 Å². The summed E-state index contributed by atoms with van der Waals surface area (Å²) in [6, 6.07) is 13.3. The van der Waals surface area contributed by atoms with E-state index < -0.39 is 11.9 Å². The Morgan fingerprint density at radius 2 is 1.84 bits per heavy atom.